The van der Waals surface area contributed by atoms with Crippen LogP contribution in [0.2, 0.25) is 0 Å². The van der Waals surface area contributed by atoms with E-state index in [9.17, 15) is 19.2 Å². The van der Waals surface area contributed by atoms with Gasteiger partial charge in [0.25, 0.3) is 0 Å². The van der Waals surface area contributed by atoms with Crippen molar-refractivity contribution in [3.05, 3.63) is 0 Å². The van der Waals surface area contributed by atoms with E-state index in [1.807, 2.05) is 0 Å². The number of hydrogen-bond acceptors (Lipinski definition) is 6. The molecular weight excluding hydrogens is 436 g/mol. The fourth-order valence-corrected chi connectivity index (χ4v) is 3.56. The van der Waals surface area contributed by atoms with Crippen LogP contribution in [0.25, 0.3) is 0 Å². The molecule has 0 saturated carbocycles. The summed E-state index contributed by atoms with van der Waals surface area (Å²) in [5, 5.41) is 7.58. The fraction of sp³-hybridized carbons (Fsp3) is 0.840. The molecule has 5 N–H and O–H groups in total. The van der Waals surface area contributed by atoms with Gasteiger partial charge in [-0.25, -0.2) is 0 Å². The van der Waals surface area contributed by atoms with E-state index in [4.69, 9.17) is 10.5 Å². The second-order valence-electron chi connectivity index (χ2n) is 10.0. The molecule has 0 radical (unpaired) electrons. The molecule has 0 spiro atoms. The van der Waals surface area contributed by atoms with Crippen LogP contribution in [0.15, 0.2) is 0 Å². The van der Waals surface area contributed by atoms with Crippen molar-refractivity contribution in [1.82, 2.24) is 16.0 Å². The van der Waals surface area contributed by atoms with Gasteiger partial charge in [0.1, 0.15) is 5.60 Å². The maximum atomic E-state index is 13.3. The summed E-state index contributed by atoms with van der Waals surface area (Å²) >= 11 is 0. The molecule has 0 atom stereocenters. The van der Waals surface area contributed by atoms with Crippen molar-refractivity contribution < 1.29 is 23.9 Å². The first kappa shape index (κ1) is 32.0. The molecule has 9 nitrogen and oxygen atoms in total. The van der Waals surface area contributed by atoms with E-state index in [2.05, 4.69) is 29.8 Å². The average Bonchev–Trinajstić information content (AvgIpc) is 2.78. The van der Waals surface area contributed by atoms with Gasteiger partial charge in [0, 0.05) is 5.92 Å². The Balaban J connectivity index is 4.73. The van der Waals surface area contributed by atoms with E-state index in [0.717, 1.165) is 51.4 Å². The number of carbonyl (C=O) groups is 4. The first-order chi connectivity index (χ1) is 15.9. The van der Waals surface area contributed by atoms with Gasteiger partial charge in [0.2, 0.25) is 17.7 Å². The summed E-state index contributed by atoms with van der Waals surface area (Å²) in [7, 11) is 0. The van der Waals surface area contributed by atoms with Gasteiger partial charge < -0.3 is 26.4 Å². The predicted octanol–water partition coefficient (Wildman–Crippen LogP) is 2.21. The Kier molecular flexibility index (Phi) is 15.6. The van der Waals surface area contributed by atoms with Crippen LogP contribution in [0.1, 0.15) is 92.9 Å². The van der Waals surface area contributed by atoms with Crippen LogP contribution in [-0.2, 0) is 23.9 Å². The Morgan fingerprint density at radius 3 is 1.79 bits per heavy atom. The number of amides is 3. The van der Waals surface area contributed by atoms with Gasteiger partial charge in [0.15, 0.2) is 5.78 Å². The van der Waals surface area contributed by atoms with Crippen LogP contribution in [0, 0.1) is 5.92 Å². The van der Waals surface area contributed by atoms with Crippen LogP contribution >= 0.6 is 0 Å². The zero-order valence-electron chi connectivity index (χ0n) is 22.2. The summed E-state index contributed by atoms with van der Waals surface area (Å²) in [6, 6.07) is 0. The van der Waals surface area contributed by atoms with E-state index in [0.29, 0.717) is 0 Å². The van der Waals surface area contributed by atoms with Crippen molar-refractivity contribution in [3.63, 3.8) is 0 Å². The lowest BCUT2D eigenvalue weighted by molar-refractivity contribution is -0.148. The number of unbranched alkanes of at least 4 members (excludes halogenated alkanes) is 4. The van der Waals surface area contributed by atoms with Gasteiger partial charge in [-0.05, 0) is 40.5 Å². The maximum absolute atomic E-state index is 13.3. The van der Waals surface area contributed by atoms with Gasteiger partial charge in [-0.15, -0.1) is 0 Å². The normalized spacial score (nSPS) is 11.9. The number of rotatable bonds is 19. The van der Waals surface area contributed by atoms with Crippen LogP contribution in [-0.4, -0.2) is 60.9 Å². The molecule has 0 aliphatic carbocycles. The zero-order chi connectivity index (χ0) is 26.2. The van der Waals surface area contributed by atoms with E-state index >= 15 is 0 Å². The molecule has 0 aromatic heterocycles. The molecule has 3 amide bonds. The highest BCUT2D eigenvalue weighted by Crippen LogP contribution is 2.26. The molecular formula is C25H48N4O5. The van der Waals surface area contributed by atoms with E-state index < -0.39 is 28.9 Å². The third-order valence-electron chi connectivity index (χ3n) is 5.63. The predicted molar refractivity (Wildman–Crippen MR) is 134 cm³/mol. The van der Waals surface area contributed by atoms with Gasteiger partial charge >= 0.3 is 0 Å². The molecule has 0 heterocycles. The van der Waals surface area contributed by atoms with E-state index in [1.54, 1.807) is 27.7 Å². The highest BCUT2D eigenvalue weighted by atomic mass is 16.5. The molecule has 0 fully saturated rings. The molecule has 0 aromatic carbocycles. The van der Waals surface area contributed by atoms with Crippen LogP contribution in [0.3, 0.4) is 0 Å². The Morgan fingerprint density at radius 2 is 1.29 bits per heavy atom. The van der Waals surface area contributed by atoms with E-state index in [-0.39, 0.29) is 37.9 Å². The summed E-state index contributed by atoms with van der Waals surface area (Å²) in [6.45, 7) is 11.0. The summed E-state index contributed by atoms with van der Waals surface area (Å²) in [5.74, 6) is -1.23. The first-order valence-electron chi connectivity index (χ1n) is 12.6. The summed E-state index contributed by atoms with van der Waals surface area (Å²) in [6.07, 6.45) is 8.32. The maximum Gasteiger partial charge on any atom is 0.239 e. The molecule has 9 heteroatoms. The van der Waals surface area contributed by atoms with E-state index in [1.165, 1.54) is 0 Å². The molecule has 0 aliphatic heterocycles. The first-order valence-corrected chi connectivity index (χ1v) is 12.6. The molecule has 34 heavy (non-hydrogen) atoms. The molecule has 0 rings (SSSR count). The third-order valence-corrected chi connectivity index (χ3v) is 5.63. The molecule has 0 unspecified atom stereocenters. The number of nitrogens with two attached hydrogens (primary N) is 1. The summed E-state index contributed by atoms with van der Waals surface area (Å²) in [4.78, 5) is 48.4. The van der Waals surface area contributed by atoms with Crippen molar-refractivity contribution in [3.8, 4) is 0 Å². The highest BCUT2D eigenvalue weighted by molar-refractivity contribution is 5.89. The molecule has 0 bridgehead atoms. The Hall–Kier alpha value is -2.00. The highest BCUT2D eigenvalue weighted by Gasteiger charge is 2.36. The zero-order valence-corrected chi connectivity index (χ0v) is 22.2. The second-order valence-corrected chi connectivity index (χ2v) is 10.0. The van der Waals surface area contributed by atoms with Crippen LogP contribution in [0.4, 0.5) is 0 Å². The van der Waals surface area contributed by atoms with Crippen molar-refractivity contribution in [1.29, 1.82) is 0 Å². The summed E-state index contributed by atoms with van der Waals surface area (Å²) < 4.78 is 6.04. The average molecular weight is 485 g/mol. The van der Waals surface area contributed by atoms with Crippen molar-refractivity contribution in [2.45, 2.75) is 104 Å². The lowest BCUT2D eigenvalue weighted by Crippen LogP contribution is -2.53. The minimum absolute atomic E-state index is 0.0132. The topological polar surface area (TPSA) is 140 Å². The molecule has 0 aliphatic rings. The standard InChI is InChI=1S/C25H48N4O5/c1-7-9-11-13-19(14-12-10-8-2)23(33)25(5,6)34-18-24(3,4)29-22(32)17-28-21(31)16-27-20(30)15-26/h19H,7-18,26H2,1-6H3,(H,27,30)(H,28,31)(H,29,32). The van der Waals surface area contributed by atoms with Crippen molar-refractivity contribution in [2.24, 2.45) is 11.7 Å². The Morgan fingerprint density at radius 1 is 0.794 bits per heavy atom. The molecule has 198 valence electrons. The number of ether oxygens (including phenoxy) is 1. The minimum Gasteiger partial charge on any atom is -0.365 e. The smallest absolute Gasteiger partial charge is 0.239 e. The van der Waals surface area contributed by atoms with Gasteiger partial charge in [-0.1, -0.05) is 52.4 Å². The van der Waals surface area contributed by atoms with Crippen molar-refractivity contribution in [2.75, 3.05) is 26.2 Å². The minimum atomic E-state index is -0.958. The molecule has 0 aromatic rings. The van der Waals surface area contributed by atoms with Crippen LogP contribution < -0.4 is 21.7 Å². The molecule has 0 saturated heterocycles. The number of nitrogens with one attached hydrogen (secondary N) is 3. The fourth-order valence-electron chi connectivity index (χ4n) is 3.56. The van der Waals surface area contributed by atoms with Gasteiger partial charge in [-0.2, -0.15) is 0 Å². The largest absolute Gasteiger partial charge is 0.365 e. The van der Waals surface area contributed by atoms with Gasteiger partial charge in [-0.3, -0.25) is 19.2 Å². The Labute approximate surface area is 205 Å². The number of Topliss-reactive ketones (excluding diaryl/α,β-unsaturated/α-hetero) is 1. The Bertz CT molecular complexity index is 639. The summed E-state index contributed by atoms with van der Waals surface area (Å²) in [5.41, 5.74) is 3.46. The SMILES string of the molecule is CCCCCC(CCCCC)C(=O)C(C)(C)OCC(C)(C)NC(=O)CNC(=O)CNC(=O)CN. The lowest BCUT2D eigenvalue weighted by atomic mass is 9.84. The van der Waals surface area contributed by atoms with Crippen LogP contribution in [0.5, 0.6) is 0 Å². The quantitative estimate of drug-likeness (QED) is 0.207. The number of hydrogen-bond donors (Lipinski definition) is 4. The number of ketones is 1. The second kappa shape index (κ2) is 16.6. The number of carbonyl (C=O) groups excluding carboxylic acids is 4. The third kappa shape index (κ3) is 14.3. The van der Waals surface area contributed by atoms with Gasteiger partial charge in [0.05, 0.1) is 31.8 Å². The monoisotopic (exact) mass is 484 g/mol. The van der Waals surface area contributed by atoms with Crippen molar-refractivity contribution >= 4 is 23.5 Å². The lowest BCUT2D eigenvalue weighted by Gasteiger charge is -2.34.